The molecule has 0 atom stereocenters. The summed E-state index contributed by atoms with van der Waals surface area (Å²) >= 11 is 0. The minimum atomic E-state index is 0.785. The van der Waals surface area contributed by atoms with Gasteiger partial charge < -0.3 is 21.7 Å². The van der Waals surface area contributed by atoms with E-state index < -0.39 is 0 Å². The standard InChI is InChI=1S/C27H58N4/c1-2-3-4-5-6-7-8-9-10-11-12-13-14-15-16-17-23-30-24-20-27-31(25-18-21-28)26-19-22-29/h9-10,30H,2-8,11-29H2,1H3. The Bertz CT molecular complexity index is 338. The lowest BCUT2D eigenvalue weighted by atomic mass is 10.1. The Morgan fingerprint density at radius 3 is 1.55 bits per heavy atom. The van der Waals surface area contributed by atoms with E-state index in [0.29, 0.717) is 0 Å². The highest BCUT2D eigenvalue weighted by Crippen LogP contribution is 2.09. The number of unbranched alkanes of at least 4 members (excludes halogenated alkanes) is 12. The zero-order valence-electron chi connectivity index (χ0n) is 21.2. The lowest BCUT2D eigenvalue weighted by molar-refractivity contribution is 0.265. The van der Waals surface area contributed by atoms with Crippen LogP contribution in [0.3, 0.4) is 0 Å². The highest BCUT2D eigenvalue weighted by molar-refractivity contribution is 4.81. The third kappa shape index (κ3) is 25.7. The zero-order chi connectivity index (χ0) is 22.7. The summed E-state index contributed by atoms with van der Waals surface area (Å²) in [6.45, 7) is 9.56. The zero-order valence-corrected chi connectivity index (χ0v) is 21.2. The molecule has 0 aliphatic carbocycles. The first kappa shape index (κ1) is 30.6. The van der Waals surface area contributed by atoms with E-state index in [1.807, 2.05) is 0 Å². The van der Waals surface area contributed by atoms with Gasteiger partial charge in [0.1, 0.15) is 0 Å². The molecule has 0 aliphatic rings. The predicted octanol–water partition coefficient (Wildman–Crippen LogP) is 6.00. The van der Waals surface area contributed by atoms with Crippen molar-refractivity contribution >= 4 is 0 Å². The first-order chi connectivity index (χ1) is 15.3. The molecule has 0 aromatic heterocycles. The molecule has 0 fully saturated rings. The van der Waals surface area contributed by atoms with Gasteiger partial charge in [0.05, 0.1) is 0 Å². The van der Waals surface area contributed by atoms with Crippen molar-refractivity contribution in [3.05, 3.63) is 12.2 Å². The van der Waals surface area contributed by atoms with Gasteiger partial charge in [-0.1, -0.05) is 76.9 Å². The normalized spacial score (nSPS) is 11.9. The summed E-state index contributed by atoms with van der Waals surface area (Å²) in [6, 6.07) is 0. The molecule has 0 bridgehead atoms. The van der Waals surface area contributed by atoms with Crippen molar-refractivity contribution in [3.8, 4) is 0 Å². The van der Waals surface area contributed by atoms with Gasteiger partial charge in [-0.25, -0.2) is 0 Å². The predicted molar refractivity (Wildman–Crippen MR) is 141 cm³/mol. The lowest BCUT2D eigenvalue weighted by Crippen LogP contribution is -2.31. The van der Waals surface area contributed by atoms with Gasteiger partial charge in [0, 0.05) is 0 Å². The monoisotopic (exact) mass is 438 g/mol. The van der Waals surface area contributed by atoms with Crippen molar-refractivity contribution in [2.45, 2.75) is 116 Å². The van der Waals surface area contributed by atoms with E-state index in [9.17, 15) is 0 Å². The van der Waals surface area contributed by atoms with Crippen molar-refractivity contribution in [2.24, 2.45) is 11.5 Å². The molecule has 5 N–H and O–H groups in total. The van der Waals surface area contributed by atoms with Crippen molar-refractivity contribution in [1.29, 1.82) is 0 Å². The first-order valence-electron chi connectivity index (χ1n) is 13.8. The quantitative estimate of drug-likeness (QED) is 0.114. The van der Waals surface area contributed by atoms with E-state index in [-0.39, 0.29) is 0 Å². The maximum Gasteiger partial charge on any atom is -0.000662 e. The van der Waals surface area contributed by atoms with Crippen LogP contribution in [0.4, 0.5) is 0 Å². The number of allylic oxidation sites excluding steroid dienone is 2. The van der Waals surface area contributed by atoms with Crippen LogP contribution in [0, 0.1) is 0 Å². The Morgan fingerprint density at radius 2 is 1.00 bits per heavy atom. The molecule has 0 unspecified atom stereocenters. The largest absolute Gasteiger partial charge is 0.330 e. The summed E-state index contributed by atoms with van der Waals surface area (Å²) < 4.78 is 0. The number of nitrogens with zero attached hydrogens (tertiary/aromatic N) is 1. The molecular formula is C27H58N4. The molecule has 0 spiro atoms. The summed E-state index contributed by atoms with van der Waals surface area (Å²) in [7, 11) is 0. The van der Waals surface area contributed by atoms with Crippen LogP contribution < -0.4 is 16.8 Å². The maximum absolute atomic E-state index is 5.65. The van der Waals surface area contributed by atoms with Crippen LogP contribution in [0.1, 0.15) is 116 Å². The number of nitrogens with one attached hydrogen (secondary N) is 1. The Balaban J connectivity index is 3.27. The molecule has 0 heterocycles. The number of hydrogen-bond acceptors (Lipinski definition) is 4. The van der Waals surface area contributed by atoms with E-state index in [0.717, 1.165) is 45.6 Å². The average Bonchev–Trinajstić information content (AvgIpc) is 2.79. The van der Waals surface area contributed by atoms with Crippen LogP contribution in [-0.2, 0) is 0 Å². The molecule has 186 valence electrons. The maximum atomic E-state index is 5.65. The fourth-order valence-corrected chi connectivity index (χ4v) is 4.02. The van der Waals surface area contributed by atoms with Gasteiger partial charge in [-0.3, -0.25) is 0 Å². The van der Waals surface area contributed by atoms with Gasteiger partial charge in [0.2, 0.25) is 0 Å². The summed E-state index contributed by atoms with van der Waals surface area (Å²) in [4.78, 5) is 2.52. The average molecular weight is 439 g/mol. The fourth-order valence-electron chi connectivity index (χ4n) is 4.02. The van der Waals surface area contributed by atoms with Gasteiger partial charge in [0.25, 0.3) is 0 Å². The van der Waals surface area contributed by atoms with Crippen LogP contribution in [-0.4, -0.2) is 50.7 Å². The Morgan fingerprint density at radius 1 is 0.548 bits per heavy atom. The third-order valence-corrected chi connectivity index (χ3v) is 6.05. The summed E-state index contributed by atoms with van der Waals surface area (Å²) in [5.74, 6) is 0. The number of nitrogens with two attached hydrogens (primary N) is 2. The van der Waals surface area contributed by atoms with Gasteiger partial charge in [-0.2, -0.15) is 0 Å². The number of rotatable bonds is 26. The molecule has 0 rings (SSSR count). The molecule has 0 saturated heterocycles. The molecule has 0 amide bonds. The molecule has 4 nitrogen and oxygen atoms in total. The van der Waals surface area contributed by atoms with Crippen LogP contribution in [0.15, 0.2) is 12.2 Å². The summed E-state index contributed by atoms with van der Waals surface area (Å²) in [5, 5.41) is 3.62. The van der Waals surface area contributed by atoms with E-state index in [1.54, 1.807) is 0 Å². The Kier molecular flexibility index (Phi) is 27.2. The third-order valence-electron chi connectivity index (χ3n) is 6.05. The van der Waals surface area contributed by atoms with E-state index in [1.165, 1.54) is 109 Å². The van der Waals surface area contributed by atoms with Gasteiger partial charge in [-0.15, -0.1) is 0 Å². The molecule has 0 radical (unpaired) electrons. The second-order valence-electron chi connectivity index (χ2n) is 9.17. The summed E-state index contributed by atoms with van der Waals surface area (Å²) in [6.07, 6.45) is 27.5. The summed E-state index contributed by atoms with van der Waals surface area (Å²) in [5.41, 5.74) is 11.3. The van der Waals surface area contributed by atoms with E-state index >= 15 is 0 Å². The number of hydrogen-bond donors (Lipinski definition) is 3. The van der Waals surface area contributed by atoms with Crippen LogP contribution >= 0.6 is 0 Å². The lowest BCUT2D eigenvalue weighted by Gasteiger charge is -2.21. The smallest absolute Gasteiger partial charge is 0.000662 e. The molecule has 4 heteroatoms. The second-order valence-corrected chi connectivity index (χ2v) is 9.17. The van der Waals surface area contributed by atoms with Crippen LogP contribution in [0.2, 0.25) is 0 Å². The van der Waals surface area contributed by atoms with Crippen molar-refractivity contribution < 1.29 is 0 Å². The van der Waals surface area contributed by atoms with Crippen molar-refractivity contribution in [3.63, 3.8) is 0 Å². The molecular weight excluding hydrogens is 380 g/mol. The van der Waals surface area contributed by atoms with E-state index in [4.69, 9.17) is 11.5 Å². The minimum Gasteiger partial charge on any atom is -0.330 e. The van der Waals surface area contributed by atoms with Gasteiger partial charge >= 0.3 is 0 Å². The van der Waals surface area contributed by atoms with E-state index in [2.05, 4.69) is 29.3 Å². The second kappa shape index (κ2) is 27.6. The Labute approximate surface area is 196 Å². The molecule has 0 aromatic carbocycles. The topological polar surface area (TPSA) is 67.3 Å². The Hall–Kier alpha value is -0.420. The van der Waals surface area contributed by atoms with Crippen LogP contribution in [0.5, 0.6) is 0 Å². The first-order valence-corrected chi connectivity index (χ1v) is 13.8. The molecule has 0 aliphatic heterocycles. The molecule has 0 saturated carbocycles. The SMILES string of the molecule is CCCCCCCCC=CCCCCCCCCNCCCN(CCCN)CCCN. The van der Waals surface area contributed by atoms with Gasteiger partial charge in [-0.05, 0) is 97.2 Å². The highest BCUT2D eigenvalue weighted by Gasteiger charge is 2.03. The molecule has 31 heavy (non-hydrogen) atoms. The van der Waals surface area contributed by atoms with Gasteiger partial charge in [0.15, 0.2) is 0 Å². The van der Waals surface area contributed by atoms with Crippen LogP contribution in [0.25, 0.3) is 0 Å². The van der Waals surface area contributed by atoms with Crippen molar-refractivity contribution in [2.75, 3.05) is 45.8 Å². The van der Waals surface area contributed by atoms with Crippen molar-refractivity contribution in [1.82, 2.24) is 10.2 Å². The highest BCUT2D eigenvalue weighted by atomic mass is 15.1. The molecule has 0 aromatic rings. The minimum absolute atomic E-state index is 0.785. The fraction of sp³-hybridized carbons (Fsp3) is 0.926.